The summed E-state index contributed by atoms with van der Waals surface area (Å²) in [6, 6.07) is 5.35. The van der Waals surface area contributed by atoms with Crippen LogP contribution in [0.4, 0.5) is 5.95 Å². The fourth-order valence-electron chi connectivity index (χ4n) is 2.24. The third-order valence-corrected chi connectivity index (χ3v) is 4.09. The fourth-order valence-corrected chi connectivity index (χ4v) is 2.57. The van der Waals surface area contributed by atoms with Crippen LogP contribution < -0.4 is 5.32 Å². The predicted octanol–water partition coefficient (Wildman–Crippen LogP) is 2.93. The standard InChI is InChI=1S/C15H14Cl2N6O/c1-9-11(7-22(2)20-9)14(24)19-15-18-8-23(21-15)6-10-3-4-12(16)13(17)5-10/h3-5,7-8H,6H2,1-2H3,(H,19,21,24). The van der Waals surface area contributed by atoms with Crippen LogP contribution in [-0.2, 0) is 13.6 Å². The Balaban J connectivity index is 1.70. The normalized spacial score (nSPS) is 10.8. The SMILES string of the molecule is Cc1nn(C)cc1C(=O)Nc1ncn(Cc2ccc(Cl)c(Cl)c2)n1. The first kappa shape index (κ1) is 16.5. The van der Waals surface area contributed by atoms with Crippen molar-refractivity contribution in [3.63, 3.8) is 0 Å². The number of hydrogen-bond acceptors (Lipinski definition) is 4. The lowest BCUT2D eigenvalue weighted by atomic mass is 10.2. The summed E-state index contributed by atoms with van der Waals surface area (Å²) in [4.78, 5) is 16.3. The van der Waals surface area contributed by atoms with E-state index in [9.17, 15) is 4.79 Å². The Bertz CT molecular complexity index is 901. The van der Waals surface area contributed by atoms with Gasteiger partial charge in [0.2, 0.25) is 5.95 Å². The smallest absolute Gasteiger partial charge is 0.261 e. The number of halogens is 2. The highest BCUT2D eigenvalue weighted by Gasteiger charge is 2.14. The summed E-state index contributed by atoms with van der Waals surface area (Å²) >= 11 is 11.9. The van der Waals surface area contributed by atoms with Crippen molar-refractivity contribution in [2.24, 2.45) is 7.05 Å². The van der Waals surface area contributed by atoms with Crippen LogP contribution in [0.3, 0.4) is 0 Å². The van der Waals surface area contributed by atoms with Gasteiger partial charge in [-0.25, -0.2) is 9.67 Å². The molecule has 0 spiro atoms. The number of carbonyl (C=O) groups is 1. The third-order valence-electron chi connectivity index (χ3n) is 3.35. The Hall–Kier alpha value is -2.38. The predicted molar refractivity (Wildman–Crippen MR) is 91.5 cm³/mol. The van der Waals surface area contributed by atoms with E-state index in [-0.39, 0.29) is 11.9 Å². The zero-order valence-electron chi connectivity index (χ0n) is 13.0. The second-order valence-electron chi connectivity index (χ2n) is 5.27. The number of hydrogen-bond donors (Lipinski definition) is 1. The van der Waals surface area contributed by atoms with E-state index >= 15 is 0 Å². The van der Waals surface area contributed by atoms with Crippen molar-refractivity contribution in [1.29, 1.82) is 0 Å². The zero-order valence-corrected chi connectivity index (χ0v) is 14.5. The molecule has 9 heteroatoms. The van der Waals surface area contributed by atoms with Crippen LogP contribution in [0, 0.1) is 6.92 Å². The second kappa shape index (κ2) is 6.62. The first-order valence-electron chi connectivity index (χ1n) is 7.07. The molecule has 0 aliphatic carbocycles. The van der Waals surface area contributed by atoms with Crippen molar-refractivity contribution in [3.05, 3.63) is 57.6 Å². The number of rotatable bonds is 4. The van der Waals surface area contributed by atoms with Gasteiger partial charge in [0.15, 0.2) is 0 Å². The lowest BCUT2D eigenvalue weighted by molar-refractivity contribution is 0.102. The maximum atomic E-state index is 12.2. The number of anilines is 1. The van der Waals surface area contributed by atoms with Crippen LogP contribution in [-0.4, -0.2) is 30.5 Å². The maximum Gasteiger partial charge on any atom is 0.261 e. The molecule has 0 radical (unpaired) electrons. The molecule has 2 heterocycles. The Morgan fingerprint density at radius 3 is 2.71 bits per heavy atom. The van der Waals surface area contributed by atoms with Gasteiger partial charge in [-0.1, -0.05) is 29.3 Å². The molecule has 0 atom stereocenters. The molecule has 1 amide bonds. The Labute approximate surface area is 148 Å². The average molecular weight is 365 g/mol. The van der Waals surface area contributed by atoms with Gasteiger partial charge < -0.3 is 0 Å². The molecule has 1 N–H and O–H groups in total. The number of aryl methyl sites for hydroxylation is 2. The molecule has 0 unspecified atom stereocenters. The minimum Gasteiger partial charge on any atom is -0.289 e. The van der Waals surface area contributed by atoms with Crippen molar-refractivity contribution in [2.75, 3.05) is 5.32 Å². The van der Waals surface area contributed by atoms with Gasteiger partial charge in [-0.3, -0.25) is 14.8 Å². The van der Waals surface area contributed by atoms with Crippen LogP contribution in [0.25, 0.3) is 0 Å². The van der Waals surface area contributed by atoms with Crippen molar-refractivity contribution < 1.29 is 4.79 Å². The Kier molecular flexibility index (Phi) is 4.55. The lowest BCUT2D eigenvalue weighted by Crippen LogP contribution is -2.14. The largest absolute Gasteiger partial charge is 0.289 e. The van der Waals surface area contributed by atoms with Crippen LogP contribution >= 0.6 is 23.2 Å². The second-order valence-corrected chi connectivity index (χ2v) is 6.08. The minimum absolute atomic E-state index is 0.225. The van der Waals surface area contributed by atoms with E-state index < -0.39 is 0 Å². The van der Waals surface area contributed by atoms with E-state index in [0.29, 0.717) is 27.8 Å². The molecule has 2 aromatic heterocycles. The summed E-state index contributed by atoms with van der Waals surface area (Å²) in [5, 5.41) is 12.0. The molecule has 0 fully saturated rings. The van der Waals surface area contributed by atoms with Gasteiger partial charge >= 0.3 is 0 Å². The maximum absolute atomic E-state index is 12.2. The van der Waals surface area contributed by atoms with Crippen LogP contribution in [0.2, 0.25) is 10.0 Å². The molecule has 3 aromatic rings. The fraction of sp³-hybridized carbons (Fsp3) is 0.200. The number of amides is 1. The molecule has 3 rings (SSSR count). The number of aromatic nitrogens is 5. The summed E-state index contributed by atoms with van der Waals surface area (Å²) in [6.45, 7) is 2.23. The summed E-state index contributed by atoms with van der Waals surface area (Å²) in [7, 11) is 1.76. The monoisotopic (exact) mass is 364 g/mol. The van der Waals surface area contributed by atoms with E-state index in [1.54, 1.807) is 41.7 Å². The van der Waals surface area contributed by atoms with Crippen molar-refractivity contribution >= 4 is 35.1 Å². The molecule has 0 aliphatic heterocycles. The molecule has 0 bridgehead atoms. The van der Waals surface area contributed by atoms with E-state index in [1.165, 1.54) is 6.33 Å². The summed E-state index contributed by atoms with van der Waals surface area (Å²) < 4.78 is 3.19. The van der Waals surface area contributed by atoms with Crippen LogP contribution in [0.5, 0.6) is 0 Å². The quantitative estimate of drug-likeness (QED) is 0.771. The Morgan fingerprint density at radius 2 is 2.04 bits per heavy atom. The van der Waals surface area contributed by atoms with E-state index in [1.807, 2.05) is 6.07 Å². The van der Waals surface area contributed by atoms with E-state index in [2.05, 4.69) is 20.5 Å². The Morgan fingerprint density at radius 1 is 1.25 bits per heavy atom. The van der Waals surface area contributed by atoms with Crippen molar-refractivity contribution in [1.82, 2.24) is 24.5 Å². The molecule has 124 valence electrons. The van der Waals surface area contributed by atoms with Gasteiger partial charge in [0.25, 0.3) is 5.91 Å². The molecule has 24 heavy (non-hydrogen) atoms. The van der Waals surface area contributed by atoms with Crippen molar-refractivity contribution in [3.8, 4) is 0 Å². The molecular formula is C15H14Cl2N6O. The van der Waals surface area contributed by atoms with Gasteiger partial charge in [0, 0.05) is 13.2 Å². The highest BCUT2D eigenvalue weighted by Crippen LogP contribution is 2.22. The number of nitrogens with zero attached hydrogens (tertiary/aromatic N) is 5. The molecule has 0 saturated heterocycles. The number of benzene rings is 1. The topological polar surface area (TPSA) is 77.6 Å². The molecule has 0 saturated carbocycles. The van der Waals surface area contributed by atoms with Gasteiger partial charge in [-0.05, 0) is 24.6 Å². The van der Waals surface area contributed by atoms with Gasteiger partial charge in [-0.15, -0.1) is 5.10 Å². The van der Waals surface area contributed by atoms with Crippen LogP contribution in [0.15, 0.2) is 30.7 Å². The summed E-state index contributed by atoms with van der Waals surface area (Å²) in [5.41, 5.74) is 2.05. The first-order chi connectivity index (χ1) is 11.4. The van der Waals surface area contributed by atoms with E-state index in [4.69, 9.17) is 23.2 Å². The minimum atomic E-state index is -0.298. The summed E-state index contributed by atoms with van der Waals surface area (Å²) in [6.07, 6.45) is 3.19. The average Bonchev–Trinajstić information content (AvgIpc) is 3.09. The summed E-state index contributed by atoms with van der Waals surface area (Å²) in [5.74, 6) is -0.0730. The number of nitrogens with one attached hydrogen (secondary N) is 1. The van der Waals surface area contributed by atoms with Crippen molar-refractivity contribution in [2.45, 2.75) is 13.5 Å². The molecule has 1 aromatic carbocycles. The van der Waals surface area contributed by atoms with Gasteiger partial charge in [0.1, 0.15) is 6.33 Å². The van der Waals surface area contributed by atoms with Crippen LogP contribution in [0.1, 0.15) is 21.6 Å². The van der Waals surface area contributed by atoms with Gasteiger partial charge in [0.05, 0.1) is 27.8 Å². The van der Waals surface area contributed by atoms with E-state index in [0.717, 1.165) is 5.56 Å². The number of carbonyl (C=O) groups excluding carboxylic acids is 1. The molecule has 0 aliphatic rings. The lowest BCUT2D eigenvalue weighted by Gasteiger charge is -2.03. The highest BCUT2D eigenvalue weighted by atomic mass is 35.5. The highest BCUT2D eigenvalue weighted by molar-refractivity contribution is 6.42. The third kappa shape index (κ3) is 3.58. The molecular weight excluding hydrogens is 351 g/mol. The first-order valence-corrected chi connectivity index (χ1v) is 7.83. The zero-order chi connectivity index (χ0) is 17.3. The molecule has 7 nitrogen and oxygen atoms in total. The van der Waals surface area contributed by atoms with Gasteiger partial charge in [-0.2, -0.15) is 5.10 Å².